The molecule has 0 heterocycles. The molecule has 0 aliphatic rings. The molecule has 6 heteroatoms. The van der Waals surface area contributed by atoms with Gasteiger partial charge in [-0.15, -0.1) is 0 Å². The summed E-state index contributed by atoms with van der Waals surface area (Å²) in [5.41, 5.74) is 2.87. The van der Waals surface area contributed by atoms with Gasteiger partial charge in [-0.2, -0.15) is 5.26 Å². The number of nitrogens with one attached hydrogen (secondary N) is 1. The van der Waals surface area contributed by atoms with Gasteiger partial charge in [0.15, 0.2) is 18.1 Å². The summed E-state index contributed by atoms with van der Waals surface area (Å²) in [6, 6.07) is 15.0. The Morgan fingerprint density at radius 3 is 2.68 bits per heavy atom. The molecule has 146 valence electrons. The van der Waals surface area contributed by atoms with Gasteiger partial charge < -0.3 is 19.5 Å². The van der Waals surface area contributed by atoms with Gasteiger partial charge in [-0.1, -0.05) is 30.3 Å². The molecule has 2 rings (SSSR count). The van der Waals surface area contributed by atoms with Gasteiger partial charge in [0.25, 0.3) is 0 Å². The van der Waals surface area contributed by atoms with Crippen LogP contribution in [0.1, 0.15) is 23.6 Å². The van der Waals surface area contributed by atoms with Crippen molar-refractivity contribution in [3.05, 3.63) is 65.2 Å². The van der Waals surface area contributed by atoms with Crippen LogP contribution >= 0.6 is 0 Å². The maximum Gasteiger partial charge on any atom is 0.244 e. The van der Waals surface area contributed by atoms with Crippen molar-refractivity contribution in [1.29, 1.82) is 5.26 Å². The van der Waals surface area contributed by atoms with Gasteiger partial charge in [0.2, 0.25) is 5.91 Å². The molecule has 0 fully saturated rings. The highest BCUT2D eigenvalue weighted by Crippen LogP contribution is 2.28. The first-order chi connectivity index (χ1) is 13.7. The highest BCUT2D eigenvalue weighted by atomic mass is 16.5. The fourth-order valence-corrected chi connectivity index (χ4v) is 2.51. The minimum atomic E-state index is -0.199. The van der Waals surface area contributed by atoms with Gasteiger partial charge in [0.05, 0.1) is 13.7 Å². The number of methoxy groups -OCH3 is 1. The van der Waals surface area contributed by atoms with Crippen molar-refractivity contribution in [3.63, 3.8) is 0 Å². The first-order valence-electron chi connectivity index (χ1n) is 8.96. The summed E-state index contributed by atoms with van der Waals surface area (Å²) >= 11 is 0. The number of hydrogen-bond donors (Lipinski definition) is 1. The van der Waals surface area contributed by atoms with Crippen molar-refractivity contribution in [2.45, 2.75) is 20.1 Å². The first kappa shape index (κ1) is 21.0. The molecule has 0 atom stereocenters. The largest absolute Gasteiger partial charge is 0.493 e. The van der Waals surface area contributed by atoms with E-state index in [0.29, 0.717) is 31.3 Å². The number of carbonyl (C=O) groups excluding carboxylic acids is 1. The number of hydrogen-bond acceptors (Lipinski definition) is 5. The lowest BCUT2D eigenvalue weighted by molar-refractivity contribution is -0.116. The van der Waals surface area contributed by atoms with Crippen LogP contribution < -0.4 is 14.8 Å². The van der Waals surface area contributed by atoms with Gasteiger partial charge in [-0.3, -0.25) is 4.79 Å². The number of ether oxygens (including phenoxy) is 3. The topological polar surface area (TPSA) is 80.6 Å². The van der Waals surface area contributed by atoms with E-state index in [0.717, 1.165) is 16.7 Å². The third-order valence-electron chi connectivity index (χ3n) is 3.94. The zero-order valence-corrected chi connectivity index (χ0v) is 16.1. The number of carbonyl (C=O) groups is 1. The number of nitrogens with zero attached hydrogens (tertiary/aromatic N) is 1. The van der Waals surface area contributed by atoms with Crippen LogP contribution in [-0.4, -0.2) is 26.2 Å². The van der Waals surface area contributed by atoms with Crippen molar-refractivity contribution in [3.8, 4) is 17.6 Å². The smallest absolute Gasteiger partial charge is 0.244 e. The standard InChI is InChI=1S/C22H24N2O4/c1-3-27-16-19-7-5-4-6-18(19)15-24-22(25)11-9-17-8-10-20(28-13-12-23)21(14-17)26-2/h4-11,14H,3,13,15-16H2,1-2H3,(H,24,25)/b11-9+. The Morgan fingerprint density at radius 2 is 1.96 bits per heavy atom. The molecule has 0 saturated carbocycles. The highest BCUT2D eigenvalue weighted by Gasteiger charge is 2.06. The maximum absolute atomic E-state index is 12.2. The van der Waals surface area contributed by atoms with Crippen LogP contribution in [0.3, 0.4) is 0 Å². The Morgan fingerprint density at radius 1 is 1.18 bits per heavy atom. The zero-order chi connectivity index (χ0) is 20.2. The fraction of sp³-hybridized carbons (Fsp3) is 0.273. The van der Waals surface area contributed by atoms with Gasteiger partial charge in [-0.25, -0.2) is 0 Å². The quantitative estimate of drug-likeness (QED) is 0.639. The third kappa shape index (κ3) is 6.45. The van der Waals surface area contributed by atoms with Crippen LogP contribution in [0.25, 0.3) is 6.08 Å². The Balaban J connectivity index is 1.96. The van der Waals surface area contributed by atoms with E-state index in [1.165, 1.54) is 13.2 Å². The van der Waals surface area contributed by atoms with Crippen molar-refractivity contribution in [2.75, 3.05) is 20.3 Å². The van der Waals surface area contributed by atoms with E-state index in [1.807, 2.05) is 37.3 Å². The van der Waals surface area contributed by atoms with E-state index in [9.17, 15) is 4.79 Å². The Kier molecular flexibility index (Phi) is 8.57. The molecule has 6 nitrogen and oxygen atoms in total. The van der Waals surface area contributed by atoms with Crippen LogP contribution in [0, 0.1) is 11.3 Å². The first-order valence-corrected chi connectivity index (χ1v) is 8.96. The second-order valence-electron chi connectivity index (χ2n) is 5.81. The van der Waals surface area contributed by atoms with E-state index in [4.69, 9.17) is 19.5 Å². The van der Waals surface area contributed by atoms with Crippen molar-refractivity contribution in [1.82, 2.24) is 5.32 Å². The summed E-state index contributed by atoms with van der Waals surface area (Å²) in [5.74, 6) is 0.786. The average Bonchev–Trinajstić information content (AvgIpc) is 2.74. The van der Waals surface area contributed by atoms with Crippen LogP contribution in [-0.2, 0) is 22.7 Å². The summed E-state index contributed by atoms with van der Waals surface area (Å²) < 4.78 is 16.0. The molecule has 0 aromatic heterocycles. The number of benzene rings is 2. The van der Waals surface area contributed by atoms with Crippen LogP contribution in [0.4, 0.5) is 0 Å². The van der Waals surface area contributed by atoms with E-state index >= 15 is 0 Å². The molecule has 0 unspecified atom stereocenters. The molecule has 0 spiro atoms. The molecule has 0 bridgehead atoms. The minimum absolute atomic E-state index is 0.0568. The van der Waals surface area contributed by atoms with E-state index in [1.54, 1.807) is 24.3 Å². The van der Waals surface area contributed by atoms with Crippen LogP contribution in [0.5, 0.6) is 11.5 Å². The molecule has 28 heavy (non-hydrogen) atoms. The third-order valence-corrected chi connectivity index (χ3v) is 3.94. The molecule has 1 amide bonds. The highest BCUT2D eigenvalue weighted by molar-refractivity contribution is 5.91. The lowest BCUT2D eigenvalue weighted by Gasteiger charge is -2.10. The fourth-order valence-electron chi connectivity index (χ4n) is 2.51. The molecular weight excluding hydrogens is 356 g/mol. The lowest BCUT2D eigenvalue weighted by atomic mass is 10.1. The number of nitriles is 1. The van der Waals surface area contributed by atoms with Crippen molar-refractivity contribution < 1.29 is 19.0 Å². The molecule has 1 N–H and O–H groups in total. The summed E-state index contributed by atoms with van der Waals surface area (Å²) in [5, 5.41) is 11.5. The maximum atomic E-state index is 12.2. The van der Waals surface area contributed by atoms with Crippen LogP contribution in [0.15, 0.2) is 48.5 Å². The van der Waals surface area contributed by atoms with Crippen molar-refractivity contribution in [2.24, 2.45) is 0 Å². The van der Waals surface area contributed by atoms with E-state index < -0.39 is 0 Å². The van der Waals surface area contributed by atoms with Gasteiger partial charge in [0.1, 0.15) is 6.07 Å². The molecule has 0 aliphatic carbocycles. The minimum Gasteiger partial charge on any atom is -0.493 e. The summed E-state index contributed by atoms with van der Waals surface area (Å²) in [6.45, 7) is 3.49. The monoisotopic (exact) mass is 380 g/mol. The Labute approximate surface area is 165 Å². The summed E-state index contributed by atoms with van der Waals surface area (Å²) in [6.07, 6.45) is 3.16. The molecular formula is C22H24N2O4. The van der Waals surface area contributed by atoms with Crippen molar-refractivity contribution >= 4 is 12.0 Å². The Hall–Kier alpha value is -3.30. The normalized spacial score (nSPS) is 10.5. The summed E-state index contributed by atoms with van der Waals surface area (Å²) in [4.78, 5) is 12.2. The zero-order valence-electron chi connectivity index (χ0n) is 16.1. The lowest BCUT2D eigenvalue weighted by Crippen LogP contribution is -2.21. The SMILES string of the molecule is CCOCc1ccccc1CNC(=O)/C=C/c1ccc(OCC#N)c(OC)c1. The number of rotatable bonds is 10. The molecule has 0 radical (unpaired) electrons. The summed E-state index contributed by atoms with van der Waals surface area (Å²) in [7, 11) is 1.52. The Bertz CT molecular complexity index is 856. The van der Waals surface area contributed by atoms with E-state index in [-0.39, 0.29) is 12.5 Å². The predicted octanol–water partition coefficient (Wildman–Crippen LogP) is 3.46. The van der Waals surface area contributed by atoms with Gasteiger partial charge >= 0.3 is 0 Å². The second-order valence-corrected chi connectivity index (χ2v) is 5.81. The molecule has 0 aliphatic heterocycles. The molecule has 2 aromatic carbocycles. The molecule has 2 aromatic rings. The van der Waals surface area contributed by atoms with E-state index in [2.05, 4.69) is 5.32 Å². The molecule has 0 saturated heterocycles. The predicted molar refractivity (Wildman–Crippen MR) is 107 cm³/mol. The van der Waals surface area contributed by atoms with Gasteiger partial charge in [0, 0.05) is 19.2 Å². The second kappa shape index (κ2) is 11.4. The number of amides is 1. The average molecular weight is 380 g/mol. The van der Waals surface area contributed by atoms with Crippen LogP contribution in [0.2, 0.25) is 0 Å². The van der Waals surface area contributed by atoms with Gasteiger partial charge in [-0.05, 0) is 41.8 Å².